The summed E-state index contributed by atoms with van der Waals surface area (Å²) >= 11 is 6.36. The van der Waals surface area contributed by atoms with Crippen molar-refractivity contribution in [2.45, 2.75) is 32.6 Å². The van der Waals surface area contributed by atoms with Crippen LogP contribution >= 0.6 is 24.0 Å². The van der Waals surface area contributed by atoms with Crippen LogP contribution < -0.4 is 10.1 Å². The summed E-state index contributed by atoms with van der Waals surface area (Å²) in [5.41, 5.74) is 2.22. The van der Waals surface area contributed by atoms with Crippen molar-refractivity contribution in [2.75, 3.05) is 26.2 Å². The molecule has 0 radical (unpaired) electrons. The van der Waals surface area contributed by atoms with Crippen LogP contribution in [0.1, 0.15) is 37.3 Å². The Balaban J connectivity index is 1.62. The Morgan fingerprint density at radius 2 is 2.12 bits per heavy atom. The molecular weight excluding hydrogens is 352 g/mol. The van der Waals surface area contributed by atoms with Crippen molar-refractivity contribution in [1.29, 1.82) is 0 Å². The summed E-state index contributed by atoms with van der Waals surface area (Å²) < 4.78 is 6.47. The first kappa shape index (κ1) is 18.4. The molecule has 0 unspecified atom stereocenters. The number of hydrogen-bond donors (Lipinski definition) is 1. The summed E-state index contributed by atoms with van der Waals surface area (Å²) in [6.45, 7) is 6.20. The van der Waals surface area contributed by atoms with Crippen LogP contribution in [0, 0.1) is 0 Å². The van der Waals surface area contributed by atoms with Gasteiger partial charge in [-0.1, -0.05) is 43.4 Å². The van der Waals surface area contributed by atoms with Gasteiger partial charge in [0.1, 0.15) is 16.7 Å². The average molecular weight is 377 g/mol. The maximum Gasteiger partial charge on any atom is 0.263 e. The van der Waals surface area contributed by atoms with Gasteiger partial charge in [0, 0.05) is 6.54 Å². The lowest BCUT2D eigenvalue weighted by Gasteiger charge is -2.26. The summed E-state index contributed by atoms with van der Waals surface area (Å²) in [6, 6.07) is 6.09. The van der Waals surface area contributed by atoms with Gasteiger partial charge in [-0.25, -0.2) is 0 Å². The van der Waals surface area contributed by atoms with Gasteiger partial charge >= 0.3 is 0 Å². The van der Waals surface area contributed by atoms with E-state index in [2.05, 4.69) is 23.2 Å². The number of nitrogens with one attached hydrogen (secondary N) is 1. The number of nitrogens with zero attached hydrogens (tertiary/aromatic N) is 1. The molecule has 1 aromatic carbocycles. The molecular formula is C19H24N2O2S2. The molecule has 6 heteroatoms. The maximum absolute atomic E-state index is 11.8. The first-order valence-corrected chi connectivity index (χ1v) is 10.1. The number of piperidine rings is 1. The fourth-order valence-corrected chi connectivity index (χ4v) is 4.19. The van der Waals surface area contributed by atoms with Crippen LogP contribution in [0.5, 0.6) is 5.75 Å². The van der Waals surface area contributed by atoms with Crippen LogP contribution in [0.15, 0.2) is 23.1 Å². The first-order chi connectivity index (χ1) is 12.2. The number of carbonyl (C=O) groups excluding carboxylic acids is 1. The first-order valence-electron chi connectivity index (χ1n) is 8.88. The van der Waals surface area contributed by atoms with Crippen LogP contribution in [0.4, 0.5) is 0 Å². The minimum Gasteiger partial charge on any atom is -0.492 e. The zero-order valence-corrected chi connectivity index (χ0v) is 16.2. The van der Waals surface area contributed by atoms with Crippen molar-refractivity contribution in [3.63, 3.8) is 0 Å². The van der Waals surface area contributed by atoms with Crippen LogP contribution in [-0.4, -0.2) is 41.4 Å². The fourth-order valence-electron chi connectivity index (χ4n) is 3.16. The monoisotopic (exact) mass is 376 g/mol. The number of thioether (sulfide) groups is 1. The molecule has 2 fully saturated rings. The number of rotatable bonds is 6. The number of ether oxygens (including phenoxy) is 1. The topological polar surface area (TPSA) is 41.6 Å². The quantitative estimate of drug-likeness (QED) is 0.607. The van der Waals surface area contributed by atoms with Crippen molar-refractivity contribution in [2.24, 2.45) is 0 Å². The summed E-state index contributed by atoms with van der Waals surface area (Å²) in [5.74, 6) is 0.786. The normalized spacial score (nSPS) is 20.1. The van der Waals surface area contributed by atoms with Gasteiger partial charge in [-0.05, 0) is 61.7 Å². The largest absolute Gasteiger partial charge is 0.492 e. The highest BCUT2D eigenvalue weighted by Crippen LogP contribution is 2.28. The number of carbonyl (C=O) groups is 1. The van der Waals surface area contributed by atoms with Crippen molar-refractivity contribution in [3.05, 3.63) is 34.2 Å². The molecule has 2 aliphatic heterocycles. The van der Waals surface area contributed by atoms with Gasteiger partial charge in [-0.15, -0.1) is 0 Å². The highest BCUT2D eigenvalue weighted by atomic mass is 32.2. The number of amides is 1. The third-order valence-electron chi connectivity index (χ3n) is 4.55. The number of hydrogen-bond acceptors (Lipinski definition) is 5. The minimum absolute atomic E-state index is 0.112. The Bertz CT molecular complexity index is 682. The maximum atomic E-state index is 11.8. The number of aryl methyl sites for hydroxylation is 1. The van der Waals surface area contributed by atoms with E-state index in [0.717, 1.165) is 30.9 Å². The summed E-state index contributed by atoms with van der Waals surface area (Å²) in [5, 5.41) is 2.65. The van der Waals surface area contributed by atoms with Gasteiger partial charge in [-0.2, -0.15) is 0 Å². The standard InChI is InChI=1S/C19H24N2O2S2/c1-2-14-12-16(23-11-10-21-8-4-3-5-9-21)7-6-15(14)13-17-18(22)20-19(24)25-17/h6-7,12-13H,2-5,8-11H2,1H3,(H,20,22,24)/b17-13-. The Morgan fingerprint density at radius 3 is 2.80 bits per heavy atom. The lowest BCUT2D eigenvalue weighted by atomic mass is 10.0. The second-order valence-electron chi connectivity index (χ2n) is 6.32. The predicted octanol–water partition coefficient (Wildman–Crippen LogP) is 3.60. The molecule has 2 heterocycles. The van der Waals surface area contributed by atoms with E-state index in [9.17, 15) is 4.79 Å². The molecule has 0 aliphatic carbocycles. The molecule has 0 saturated carbocycles. The molecule has 0 aromatic heterocycles. The van der Waals surface area contributed by atoms with Gasteiger partial charge < -0.3 is 10.1 Å². The van der Waals surface area contributed by atoms with Crippen LogP contribution in [0.25, 0.3) is 6.08 Å². The van der Waals surface area contributed by atoms with Crippen molar-refractivity contribution >= 4 is 40.3 Å². The minimum atomic E-state index is -0.112. The molecule has 2 saturated heterocycles. The smallest absolute Gasteiger partial charge is 0.263 e. The zero-order chi connectivity index (χ0) is 17.6. The van der Waals surface area contributed by atoms with E-state index in [4.69, 9.17) is 17.0 Å². The van der Waals surface area contributed by atoms with E-state index >= 15 is 0 Å². The molecule has 0 atom stereocenters. The van der Waals surface area contributed by atoms with E-state index in [-0.39, 0.29) is 5.91 Å². The lowest BCUT2D eigenvalue weighted by Crippen LogP contribution is -2.33. The molecule has 134 valence electrons. The molecule has 25 heavy (non-hydrogen) atoms. The van der Waals surface area contributed by atoms with Crippen LogP contribution in [0.2, 0.25) is 0 Å². The second kappa shape index (κ2) is 8.83. The van der Waals surface area contributed by atoms with E-state index in [1.54, 1.807) is 0 Å². The third-order valence-corrected chi connectivity index (χ3v) is 5.71. The molecule has 3 rings (SSSR count). The third kappa shape index (κ3) is 5.06. The number of likely N-dealkylation sites (tertiary alicyclic amines) is 1. The van der Waals surface area contributed by atoms with Gasteiger partial charge in [0.05, 0.1) is 4.91 Å². The molecule has 4 nitrogen and oxygen atoms in total. The molecule has 2 aliphatic rings. The fraction of sp³-hybridized carbons (Fsp3) is 0.474. The van der Waals surface area contributed by atoms with Gasteiger partial charge in [-0.3, -0.25) is 9.69 Å². The molecule has 1 aromatic rings. The van der Waals surface area contributed by atoms with E-state index in [1.807, 2.05) is 18.2 Å². The highest BCUT2D eigenvalue weighted by molar-refractivity contribution is 8.26. The molecule has 0 spiro atoms. The Morgan fingerprint density at radius 1 is 1.32 bits per heavy atom. The van der Waals surface area contributed by atoms with E-state index in [1.165, 1.54) is 49.7 Å². The SMILES string of the molecule is CCc1cc(OCCN2CCCCC2)ccc1/C=C1\SC(=S)NC1=O. The van der Waals surface area contributed by atoms with Crippen LogP contribution in [0.3, 0.4) is 0 Å². The average Bonchev–Trinajstić information content (AvgIpc) is 2.94. The second-order valence-corrected chi connectivity index (χ2v) is 8.04. The Kier molecular flexibility index (Phi) is 6.51. The van der Waals surface area contributed by atoms with Crippen molar-refractivity contribution in [1.82, 2.24) is 10.2 Å². The summed E-state index contributed by atoms with van der Waals surface area (Å²) in [7, 11) is 0. The Hall–Kier alpha value is -1.37. The summed E-state index contributed by atoms with van der Waals surface area (Å²) in [6.07, 6.45) is 6.76. The number of benzene rings is 1. The van der Waals surface area contributed by atoms with Crippen molar-refractivity contribution in [3.8, 4) is 5.75 Å². The van der Waals surface area contributed by atoms with Gasteiger partial charge in [0.15, 0.2) is 0 Å². The number of thiocarbonyl (C=S) groups is 1. The summed E-state index contributed by atoms with van der Waals surface area (Å²) in [4.78, 5) is 15.0. The van der Waals surface area contributed by atoms with Crippen LogP contribution in [-0.2, 0) is 11.2 Å². The predicted molar refractivity (Wildman–Crippen MR) is 108 cm³/mol. The Labute approximate surface area is 159 Å². The molecule has 0 bridgehead atoms. The zero-order valence-electron chi connectivity index (χ0n) is 14.5. The molecule has 1 amide bonds. The van der Waals surface area contributed by atoms with Gasteiger partial charge in [0.2, 0.25) is 0 Å². The van der Waals surface area contributed by atoms with E-state index < -0.39 is 0 Å². The van der Waals surface area contributed by atoms with E-state index in [0.29, 0.717) is 9.23 Å². The van der Waals surface area contributed by atoms with Crippen molar-refractivity contribution < 1.29 is 9.53 Å². The van der Waals surface area contributed by atoms with Gasteiger partial charge in [0.25, 0.3) is 5.91 Å². The highest BCUT2D eigenvalue weighted by Gasteiger charge is 2.22. The lowest BCUT2D eigenvalue weighted by molar-refractivity contribution is -0.115. The molecule has 1 N–H and O–H groups in total.